The molecule has 21 heavy (non-hydrogen) atoms. The summed E-state index contributed by atoms with van der Waals surface area (Å²) in [7, 11) is -3.53. The van der Waals surface area contributed by atoms with Gasteiger partial charge in [0.25, 0.3) is 0 Å². The highest BCUT2D eigenvalue weighted by Crippen LogP contribution is 2.16. The molecule has 0 aromatic heterocycles. The minimum Gasteiger partial charge on any atom is -0.211 e. The average molecular weight is 372 g/mol. The second-order valence-electron chi connectivity index (χ2n) is 4.68. The fourth-order valence-electron chi connectivity index (χ4n) is 1.98. The van der Waals surface area contributed by atoms with Crippen molar-refractivity contribution in [3.05, 3.63) is 63.9 Å². The van der Waals surface area contributed by atoms with Gasteiger partial charge in [0, 0.05) is 11.0 Å². The van der Waals surface area contributed by atoms with Crippen molar-refractivity contribution in [3.8, 4) is 0 Å². The van der Waals surface area contributed by atoms with E-state index in [0.717, 1.165) is 11.1 Å². The summed E-state index contributed by atoms with van der Waals surface area (Å²) in [5, 5.41) is 0. The van der Waals surface area contributed by atoms with Crippen molar-refractivity contribution >= 4 is 26.0 Å². The van der Waals surface area contributed by atoms with E-state index >= 15 is 0 Å². The highest BCUT2D eigenvalue weighted by Gasteiger charge is 2.13. The molecule has 1 N–H and O–H groups in total. The summed E-state index contributed by atoms with van der Waals surface area (Å²) in [6.45, 7) is 2.07. The van der Waals surface area contributed by atoms with E-state index in [9.17, 15) is 12.8 Å². The van der Waals surface area contributed by atoms with Gasteiger partial charge in [0.15, 0.2) is 0 Å². The Balaban J connectivity index is 2.02. The van der Waals surface area contributed by atoms with Crippen molar-refractivity contribution in [1.29, 1.82) is 0 Å². The first-order chi connectivity index (χ1) is 9.88. The number of aryl methyl sites for hydroxylation is 1. The third-order valence-electron chi connectivity index (χ3n) is 3.10. The molecule has 0 saturated heterocycles. The average Bonchev–Trinajstić information content (AvgIpc) is 2.41. The van der Waals surface area contributed by atoms with Crippen LogP contribution in [0.15, 0.2) is 51.8 Å². The molecular weight excluding hydrogens is 357 g/mol. The van der Waals surface area contributed by atoms with Crippen molar-refractivity contribution in [2.45, 2.75) is 18.2 Å². The highest BCUT2D eigenvalue weighted by molar-refractivity contribution is 9.10. The molecule has 0 saturated carbocycles. The Labute approximate surface area is 132 Å². The Morgan fingerprint density at radius 3 is 2.62 bits per heavy atom. The fraction of sp³-hybridized carbons (Fsp3) is 0.200. The molecule has 0 unspecified atom stereocenters. The topological polar surface area (TPSA) is 46.2 Å². The molecule has 0 aliphatic carbocycles. The van der Waals surface area contributed by atoms with Gasteiger partial charge in [0.1, 0.15) is 5.82 Å². The molecule has 2 aromatic carbocycles. The van der Waals surface area contributed by atoms with Crippen LogP contribution in [0.5, 0.6) is 0 Å². The van der Waals surface area contributed by atoms with Crippen molar-refractivity contribution in [2.75, 3.05) is 6.54 Å². The van der Waals surface area contributed by atoms with Crippen molar-refractivity contribution in [2.24, 2.45) is 0 Å². The van der Waals surface area contributed by atoms with Crippen LogP contribution in [0.1, 0.15) is 11.1 Å². The summed E-state index contributed by atoms with van der Waals surface area (Å²) >= 11 is 3.25. The van der Waals surface area contributed by atoms with Gasteiger partial charge in [0.2, 0.25) is 10.0 Å². The van der Waals surface area contributed by atoms with E-state index in [4.69, 9.17) is 0 Å². The smallest absolute Gasteiger partial charge is 0.211 e. The zero-order valence-corrected chi connectivity index (χ0v) is 13.8. The Hall–Kier alpha value is -1.24. The normalized spacial score (nSPS) is 11.6. The SMILES string of the molecule is Cc1cc(F)ccc1CCNS(=O)(=O)c1cccc(Br)c1. The Morgan fingerprint density at radius 2 is 1.95 bits per heavy atom. The number of hydrogen-bond acceptors (Lipinski definition) is 2. The van der Waals surface area contributed by atoms with Crippen LogP contribution < -0.4 is 4.72 Å². The summed E-state index contributed by atoms with van der Waals surface area (Å²) in [6, 6.07) is 11.0. The molecule has 112 valence electrons. The maximum atomic E-state index is 13.0. The number of rotatable bonds is 5. The number of sulfonamides is 1. The van der Waals surface area contributed by atoms with Crippen molar-refractivity contribution < 1.29 is 12.8 Å². The zero-order chi connectivity index (χ0) is 15.5. The molecule has 0 aliphatic rings. The molecule has 0 bridgehead atoms. The summed E-state index contributed by atoms with van der Waals surface area (Å²) in [4.78, 5) is 0.215. The van der Waals surface area contributed by atoms with Crippen LogP contribution in [0.25, 0.3) is 0 Å². The first-order valence-electron chi connectivity index (χ1n) is 6.39. The lowest BCUT2D eigenvalue weighted by Crippen LogP contribution is -2.26. The van der Waals surface area contributed by atoms with Crippen LogP contribution in [0.2, 0.25) is 0 Å². The molecule has 2 aromatic rings. The molecule has 0 radical (unpaired) electrons. The van der Waals surface area contributed by atoms with E-state index in [-0.39, 0.29) is 17.3 Å². The second kappa shape index (κ2) is 6.68. The van der Waals surface area contributed by atoms with Gasteiger partial charge in [-0.1, -0.05) is 28.1 Å². The lowest BCUT2D eigenvalue weighted by molar-refractivity contribution is 0.581. The van der Waals surface area contributed by atoms with E-state index in [1.165, 1.54) is 18.2 Å². The fourth-order valence-corrected chi connectivity index (χ4v) is 3.61. The summed E-state index contributed by atoms with van der Waals surface area (Å²) in [6.07, 6.45) is 0.513. The van der Waals surface area contributed by atoms with E-state index in [1.54, 1.807) is 31.2 Å². The lowest BCUT2D eigenvalue weighted by atomic mass is 10.1. The Kier molecular flexibility index (Phi) is 5.13. The van der Waals surface area contributed by atoms with E-state index in [0.29, 0.717) is 10.9 Å². The van der Waals surface area contributed by atoms with Crippen LogP contribution in [-0.2, 0) is 16.4 Å². The predicted molar refractivity (Wildman–Crippen MR) is 84.2 cm³/mol. The minimum atomic E-state index is -3.53. The molecule has 2 rings (SSSR count). The molecule has 0 atom stereocenters. The second-order valence-corrected chi connectivity index (χ2v) is 7.36. The van der Waals surface area contributed by atoms with Crippen LogP contribution >= 0.6 is 15.9 Å². The van der Waals surface area contributed by atoms with Gasteiger partial charge in [-0.3, -0.25) is 0 Å². The van der Waals surface area contributed by atoms with E-state index in [2.05, 4.69) is 20.7 Å². The van der Waals surface area contributed by atoms with Gasteiger partial charge < -0.3 is 0 Å². The van der Waals surface area contributed by atoms with E-state index < -0.39 is 10.0 Å². The number of benzene rings is 2. The number of halogens is 2. The maximum absolute atomic E-state index is 13.0. The predicted octanol–water partition coefficient (Wildman–Crippen LogP) is 3.42. The van der Waals surface area contributed by atoms with Crippen LogP contribution in [0.4, 0.5) is 4.39 Å². The minimum absolute atomic E-state index is 0.215. The molecule has 6 heteroatoms. The van der Waals surface area contributed by atoms with Gasteiger partial charge in [-0.25, -0.2) is 17.5 Å². The number of nitrogens with one attached hydrogen (secondary N) is 1. The van der Waals surface area contributed by atoms with Crippen LogP contribution in [-0.4, -0.2) is 15.0 Å². The van der Waals surface area contributed by atoms with Crippen molar-refractivity contribution in [1.82, 2.24) is 4.72 Å². The molecule has 0 aliphatic heterocycles. The summed E-state index contributed by atoms with van der Waals surface area (Å²) in [5.41, 5.74) is 1.74. The van der Waals surface area contributed by atoms with Gasteiger partial charge in [-0.15, -0.1) is 0 Å². The largest absolute Gasteiger partial charge is 0.240 e. The zero-order valence-electron chi connectivity index (χ0n) is 11.4. The molecule has 3 nitrogen and oxygen atoms in total. The van der Waals surface area contributed by atoms with Crippen molar-refractivity contribution in [3.63, 3.8) is 0 Å². The third kappa shape index (κ3) is 4.36. The monoisotopic (exact) mass is 371 g/mol. The molecule has 0 heterocycles. The third-order valence-corrected chi connectivity index (χ3v) is 5.05. The first-order valence-corrected chi connectivity index (χ1v) is 8.66. The lowest BCUT2D eigenvalue weighted by Gasteiger charge is -2.09. The molecular formula is C15H15BrFNO2S. The van der Waals surface area contributed by atoms with Gasteiger partial charge in [-0.05, 0) is 54.8 Å². The Morgan fingerprint density at radius 1 is 1.19 bits per heavy atom. The Bertz CT molecular complexity index is 747. The molecule has 0 amide bonds. The summed E-state index contributed by atoms with van der Waals surface area (Å²) < 4.78 is 40.5. The van der Waals surface area contributed by atoms with Gasteiger partial charge in [-0.2, -0.15) is 0 Å². The van der Waals surface area contributed by atoms with Crippen LogP contribution in [0, 0.1) is 12.7 Å². The summed E-state index contributed by atoms with van der Waals surface area (Å²) in [5.74, 6) is -0.286. The van der Waals surface area contributed by atoms with Gasteiger partial charge in [0.05, 0.1) is 4.90 Å². The highest BCUT2D eigenvalue weighted by atomic mass is 79.9. The van der Waals surface area contributed by atoms with Gasteiger partial charge >= 0.3 is 0 Å². The number of hydrogen-bond donors (Lipinski definition) is 1. The van der Waals surface area contributed by atoms with E-state index in [1.807, 2.05) is 0 Å². The standard InChI is InChI=1S/C15H15BrFNO2S/c1-11-9-14(17)6-5-12(11)7-8-18-21(19,20)15-4-2-3-13(16)10-15/h2-6,9-10,18H,7-8H2,1H3. The maximum Gasteiger partial charge on any atom is 0.240 e. The molecule has 0 spiro atoms. The van der Waals surface area contributed by atoms with Crippen LogP contribution in [0.3, 0.4) is 0 Å². The quantitative estimate of drug-likeness (QED) is 0.874. The first kappa shape index (κ1) is 16.1. The molecule has 0 fully saturated rings.